The van der Waals surface area contributed by atoms with Crippen LogP contribution in [-0.2, 0) is 6.42 Å². The van der Waals surface area contributed by atoms with Crippen molar-refractivity contribution in [1.82, 2.24) is 0 Å². The number of hydrogen-bond acceptors (Lipinski definition) is 3. The Morgan fingerprint density at radius 1 is 1.23 bits per heavy atom. The maximum absolute atomic E-state index is 11.0. The number of fused-ring (bicyclic) bond motifs is 1. The van der Waals surface area contributed by atoms with Crippen molar-refractivity contribution in [2.24, 2.45) is 22.7 Å². The highest BCUT2D eigenvalue weighted by molar-refractivity contribution is 9.09. The third-order valence-electron chi connectivity index (χ3n) is 7.26. The van der Waals surface area contributed by atoms with Crippen LogP contribution in [0.3, 0.4) is 0 Å². The molecule has 2 saturated carbocycles. The van der Waals surface area contributed by atoms with Gasteiger partial charge in [-0.2, -0.15) is 0 Å². The summed E-state index contributed by atoms with van der Waals surface area (Å²) in [5.74, 6) is 0.846. The zero-order valence-corrected chi connectivity index (χ0v) is 17.5. The largest absolute Gasteiger partial charge is 0.508 e. The average molecular weight is 421 g/mol. The Morgan fingerprint density at radius 2 is 1.92 bits per heavy atom. The Kier molecular flexibility index (Phi) is 5.02. The Balaban J connectivity index is 1.97. The number of phenols is 2. The second-order valence-electron chi connectivity index (χ2n) is 9.00. The van der Waals surface area contributed by atoms with Gasteiger partial charge in [-0.25, -0.2) is 0 Å². The zero-order valence-electron chi connectivity index (χ0n) is 15.9. The molecule has 0 bridgehead atoms. The molecule has 0 amide bonds. The van der Waals surface area contributed by atoms with Crippen LogP contribution >= 0.6 is 15.9 Å². The lowest BCUT2D eigenvalue weighted by Crippen LogP contribution is -2.53. The molecule has 4 atom stereocenters. The van der Waals surface area contributed by atoms with Gasteiger partial charge in [0.05, 0.1) is 5.56 Å². The molecule has 2 aliphatic carbocycles. The van der Waals surface area contributed by atoms with Gasteiger partial charge in [-0.1, -0.05) is 48.9 Å². The van der Waals surface area contributed by atoms with Crippen LogP contribution in [0.25, 0.3) is 0 Å². The molecule has 3 rings (SSSR count). The lowest BCUT2D eigenvalue weighted by Gasteiger charge is -2.59. The molecule has 0 aromatic heterocycles. The van der Waals surface area contributed by atoms with Crippen molar-refractivity contribution >= 4 is 22.2 Å². The minimum Gasteiger partial charge on any atom is -0.508 e. The van der Waals surface area contributed by atoms with Crippen molar-refractivity contribution in [2.75, 3.05) is 0 Å². The fraction of sp³-hybridized carbons (Fsp3) is 0.591. The third-order valence-corrected chi connectivity index (χ3v) is 8.90. The molecule has 0 spiro atoms. The number of benzene rings is 1. The van der Waals surface area contributed by atoms with Crippen molar-refractivity contribution in [3.8, 4) is 11.5 Å². The van der Waals surface area contributed by atoms with E-state index in [4.69, 9.17) is 0 Å². The first-order valence-electron chi connectivity index (χ1n) is 9.43. The van der Waals surface area contributed by atoms with Gasteiger partial charge in [-0.05, 0) is 72.5 Å². The van der Waals surface area contributed by atoms with Crippen LogP contribution < -0.4 is 0 Å². The van der Waals surface area contributed by atoms with Crippen molar-refractivity contribution < 1.29 is 15.0 Å². The van der Waals surface area contributed by atoms with Crippen LogP contribution in [0, 0.1) is 22.7 Å². The molecule has 142 valence electrons. The summed E-state index contributed by atoms with van der Waals surface area (Å²) in [5.41, 5.74) is 2.39. The molecule has 0 saturated heterocycles. The van der Waals surface area contributed by atoms with Crippen LogP contribution in [0.2, 0.25) is 0 Å². The Bertz CT molecular complexity index is 739. The minimum atomic E-state index is -0.0691. The predicted octanol–water partition coefficient (Wildman–Crippen LogP) is 5.63. The van der Waals surface area contributed by atoms with E-state index >= 15 is 0 Å². The summed E-state index contributed by atoms with van der Waals surface area (Å²) < 4.78 is 0. The van der Waals surface area contributed by atoms with Crippen molar-refractivity contribution in [2.45, 2.75) is 57.7 Å². The van der Waals surface area contributed by atoms with E-state index in [1.165, 1.54) is 11.6 Å². The number of halogens is 1. The highest BCUT2D eigenvalue weighted by Gasteiger charge is 2.55. The smallest absolute Gasteiger partial charge is 0.153 e. The minimum absolute atomic E-state index is 0.0691. The Hall–Kier alpha value is -1.29. The van der Waals surface area contributed by atoms with E-state index in [0.717, 1.165) is 25.7 Å². The number of aldehydes is 1. The molecule has 0 radical (unpaired) electrons. The quantitative estimate of drug-likeness (QED) is 0.288. The molecular formula is C22H29BrO3. The summed E-state index contributed by atoms with van der Waals surface area (Å²) in [6.07, 6.45) is 5.63. The number of aromatic hydroxyl groups is 2. The number of hydrogen-bond donors (Lipinski definition) is 2. The van der Waals surface area contributed by atoms with Crippen LogP contribution in [0.4, 0.5) is 0 Å². The van der Waals surface area contributed by atoms with Crippen molar-refractivity contribution in [1.29, 1.82) is 0 Å². The van der Waals surface area contributed by atoms with Crippen LogP contribution in [0.15, 0.2) is 24.3 Å². The summed E-state index contributed by atoms with van der Waals surface area (Å²) in [7, 11) is 0. The second-order valence-corrected chi connectivity index (χ2v) is 10.1. The van der Waals surface area contributed by atoms with E-state index in [1.807, 2.05) is 0 Å². The van der Waals surface area contributed by atoms with Gasteiger partial charge in [-0.15, -0.1) is 0 Å². The van der Waals surface area contributed by atoms with Gasteiger partial charge in [0.2, 0.25) is 0 Å². The maximum Gasteiger partial charge on any atom is 0.153 e. The molecule has 4 unspecified atom stereocenters. The van der Waals surface area contributed by atoms with Gasteiger partial charge in [0.1, 0.15) is 11.5 Å². The summed E-state index contributed by atoms with van der Waals surface area (Å²) in [6.45, 7) is 11.5. The SMILES string of the molecule is C=C1CCC2C(C)(C)C(Br)CCC2(C)C1Cc1cc(O)c(C=O)cc1O. The average Bonchev–Trinajstić information content (AvgIpc) is 2.57. The van der Waals surface area contributed by atoms with Crippen LogP contribution in [-0.4, -0.2) is 21.3 Å². The number of carbonyl (C=O) groups is 1. The van der Waals surface area contributed by atoms with E-state index < -0.39 is 0 Å². The fourth-order valence-corrected chi connectivity index (χ4v) is 6.18. The molecule has 0 heterocycles. The molecule has 4 heteroatoms. The van der Waals surface area contributed by atoms with E-state index in [0.29, 0.717) is 29.0 Å². The number of carbonyl (C=O) groups excluding carboxylic acids is 1. The molecule has 2 fully saturated rings. The topological polar surface area (TPSA) is 57.5 Å². The second kappa shape index (κ2) is 6.70. The summed E-state index contributed by atoms with van der Waals surface area (Å²) in [6, 6.07) is 2.91. The van der Waals surface area contributed by atoms with Gasteiger partial charge in [0.25, 0.3) is 0 Å². The molecule has 1 aromatic carbocycles. The molecule has 3 nitrogen and oxygen atoms in total. The van der Waals surface area contributed by atoms with Gasteiger partial charge in [0.15, 0.2) is 6.29 Å². The van der Waals surface area contributed by atoms with E-state index in [9.17, 15) is 15.0 Å². The number of allylic oxidation sites excluding steroid dienone is 1. The lowest BCUT2D eigenvalue weighted by molar-refractivity contribution is -0.0461. The third kappa shape index (κ3) is 3.00. The summed E-state index contributed by atoms with van der Waals surface area (Å²) in [4.78, 5) is 11.5. The van der Waals surface area contributed by atoms with E-state index in [-0.39, 0.29) is 33.8 Å². The van der Waals surface area contributed by atoms with Gasteiger partial charge in [0, 0.05) is 4.83 Å². The summed E-state index contributed by atoms with van der Waals surface area (Å²) >= 11 is 3.91. The summed E-state index contributed by atoms with van der Waals surface area (Å²) in [5, 5.41) is 20.4. The monoisotopic (exact) mass is 420 g/mol. The Morgan fingerprint density at radius 3 is 2.58 bits per heavy atom. The molecule has 1 aromatic rings. The molecule has 26 heavy (non-hydrogen) atoms. The van der Waals surface area contributed by atoms with Crippen molar-refractivity contribution in [3.63, 3.8) is 0 Å². The van der Waals surface area contributed by atoms with Crippen molar-refractivity contribution in [3.05, 3.63) is 35.4 Å². The predicted molar refractivity (Wildman–Crippen MR) is 108 cm³/mol. The fourth-order valence-electron chi connectivity index (χ4n) is 5.63. The number of phenolic OH excluding ortho intramolecular Hbond substituents is 2. The maximum atomic E-state index is 11.0. The van der Waals surface area contributed by atoms with E-state index in [1.54, 1.807) is 6.07 Å². The highest BCUT2D eigenvalue weighted by Crippen LogP contribution is 2.62. The first-order valence-corrected chi connectivity index (χ1v) is 10.3. The van der Waals surface area contributed by atoms with Crippen LogP contribution in [0.5, 0.6) is 11.5 Å². The van der Waals surface area contributed by atoms with E-state index in [2.05, 4.69) is 43.3 Å². The Labute approximate surface area is 164 Å². The first-order chi connectivity index (χ1) is 12.1. The number of alkyl halides is 1. The standard InChI is InChI=1S/C22H29BrO3/c1-13-5-6-19-21(2,3)20(23)7-8-22(19,4)16(13)9-14-10-18(26)15(12-24)11-17(14)25/h10-12,16,19-20,25-26H,1,5-9H2,2-4H3. The molecule has 2 aliphatic rings. The molecule has 0 aliphatic heterocycles. The van der Waals surface area contributed by atoms with Gasteiger partial charge >= 0.3 is 0 Å². The first kappa shape index (κ1) is 19.5. The zero-order chi connectivity index (χ0) is 19.3. The number of rotatable bonds is 3. The highest BCUT2D eigenvalue weighted by atomic mass is 79.9. The molecular weight excluding hydrogens is 392 g/mol. The normalized spacial score (nSPS) is 33.5. The van der Waals surface area contributed by atoms with Crippen LogP contribution in [0.1, 0.15) is 62.4 Å². The lowest BCUT2D eigenvalue weighted by atomic mass is 9.47. The molecule has 2 N–H and O–H groups in total. The van der Waals surface area contributed by atoms with Gasteiger partial charge in [-0.3, -0.25) is 4.79 Å². The van der Waals surface area contributed by atoms with Gasteiger partial charge < -0.3 is 10.2 Å².